The average Bonchev–Trinajstić information content (AvgIpc) is 2.88. The molecule has 1 heterocycles. The number of benzene rings is 1. The summed E-state index contributed by atoms with van der Waals surface area (Å²) >= 11 is 1.25. The Morgan fingerprint density at radius 2 is 2.00 bits per heavy atom. The summed E-state index contributed by atoms with van der Waals surface area (Å²) in [7, 11) is -3.32. The first kappa shape index (κ1) is 16.0. The largest absolute Gasteiger partial charge is 0.225 e. The van der Waals surface area contributed by atoms with E-state index >= 15 is 0 Å². The molecule has 21 heavy (non-hydrogen) atoms. The van der Waals surface area contributed by atoms with Crippen LogP contribution in [0.3, 0.4) is 0 Å². The lowest BCUT2D eigenvalue weighted by Gasteiger charge is -2.21. The zero-order valence-corrected chi connectivity index (χ0v) is 14.1. The van der Waals surface area contributed by atoms with E-state index in [-0.39, 0.29) is 15.5 Å². The summed E-state index contributed by atoms with van der Waals surface area (Å²) in [5.41, 5.74) is 0.643. The van der Waals surface area contributed by atoms with Crippen molar-refractivity contribution in [2.75, 3.05) is 5.75 Å². The molecule has 1 aromatic heterocycles. The first-order valence-corrected chi connectivity index (χ1v) is 9.29. The number of aromatic nitrogens is 1. The SMILES string of the molecule is CC#CCC(C)(C)CCS(=O)(=O)c1nc2ccccc2s1. The number of para-hydroxylation sites is 1. The zero-order valence-electron chi connectivity index (χ0n) is 12.5. The van der Waals surface area contributed by atoms with Gasteiger partial charge in [0, 0.05) is 6.42 Å². The van der Waals surface area contributed by atoms with Gasteiger partial charge in [0.1, 0.15) is 0 Å². The molecule has 2 aromatic rings. The summed E-state index contributed by atoms with van der Waals surface area (Å²) in [5.74, 6) is 6.01. The van der Waals surface area contributed by atoms with Crippen LogP contribution in [0.25, 0.3) is 10.2 Å². The molecule has 0 N–H and O–H groups in total. The molecule has 0 amide bonds. The van der Waals surface area contributed by atoms with E-state index < -0.39 is 9.84 Å². The lowest BCUT2D eigenvalue weighted by atomic mass is 9.87. The average molecular weight is 321 g/mol. The molecule has 0 bridgehead atoms. The van der Waals surface area contributed by atoms with E-state index in [1.54, 1.807) is 6.92 Å². The molecule has 2 rings (SSSR count). The number of fused-ring (bicyclic) bond motifs is 1. The molecule has 0 radical (unpaired) electrons. The van der Waals surface area contributed by atoms with Crippen LogP contribution in [-0.4, -0.2) is 19.2 Å². The summed E-state index contributed by atoms with van der Waals surface area (Å²) in [6.07, 6.45) is 1.29. The zero-order chi connectivity index (χ0) is 15.5. The first-order valence-electron chi connectivity index (χ1n) is 6.82. The molecule has 1 aromatic carbocycles. The van der Waals surface area contributed by atoms with Gasteiger partial charge in [0.05, 0.1) is 16.0 Å². The normalized spacial score (nSPS) is 12.1. The molecule has 3 nitrogen and oxygen atoms in total. The Hall–Kier alpha value is -1.38. The smallest absolute Gasteiger partial charge is 0.210 e. The van der Waals surface area contributed by atoms with Crippen LogP contribution < -0.4 is 0 Å². The second-order valence-corrected chi connectivity index (χ2v) is 9.10. The van der Waals surface area contributed by atoms with Crippen molar-refractivity contribution in [2.24, 2.45) is 5.41 Å². The minimum atomic E-state index is -3.32. The summed E-state index contributed by atoms with van der Waals surface area (Å²) in [5, 5.41) is 0. The highest BCUT2D eigenvalue weighted by molar-refractivity contribution is 7.93. The molecule has 0 saturated heterocycles. The Balaban J connectivity index is 2.16. The Labute approximate surface area is 130 Å². The van der Waals surface area contributed by atoms with Gasteiger partial charge in [0.15, 0.2) is 0 Å². The number of hydrogen-bond donors (Lipinski definition) is 0. The predicted molar refractivity (Wildman–Crippen MR) is 88.1 cm³/mol. The van der Waals surface area contributed by atoms with E-state index in [9.17, 15) is 8.42 Å². The van der Waals surface area contributed by atoms with Gasteiger partial charge in [-0.1, -0.05) is 26.0 Å². The van der Waals surface area contributed by atoms with Crippen LogP contribution in [0.5, 0.6) is 0 Å². The van der Waals surface area contributed by atoms with E-state index in [2.05, 4.69) is 16.8 Å². The van der Waals surface area contributed by atoms with Crippen LogP contribution in [0.4, 0.5) is 0 Å². The van der Waals surface area contributed by atoms with Gasteiger partial charge in [-0.15, -0.1) is 23.2 Å². The highest BCUT2D eigenvalue weighted by atomic mass is 32.2. The van der Waals surface area contributed by atoms with Crippen LogP contribution in [0.15, 0.2) is 28.6 Å². The van der Waals surface area contributed by atoms with Gasteiger partial charge >= 0.3 is 0 Å². The summed E-state index contributed by atoms with van der Waals surface area (Å²) in [6, 6.07) is 7.49. The van der Waals surface area contributed by atoms with Crippen LogP contribution in [0.2, 0.25) is 0 Å². The fourth-order valence-electron chi connectivity index (χ4n) is 1.90. The monoisotopic (exact) mass is 321 g/mol. The van der Waals surface area contributed by atoms with Gasteiger partial charge in [-0.2, -0.15) is 0 Å². The first-order chi connectivity index (χ1) is 9.84. The molecule has 0 aliphatic rings. The maximum Gasteiger partial charge on any atom is 0.210 e. The molecule has 0 saturated carbocycles. The highest BCUT2D eigenvalue weighted by Crippen LogP contribution is 2.30. The van der Waals surface area contributed by atoms with Crippen molar-refractivity contribution in [1.29, 1.82) is 0 Å². The van der Waals surface area contributed by atoms with Crippen molar-refractivity contribution in [2.45, 2.75) is 38.0 Å². The van der Waals surface area contributed by atoms with E-state index in [1.165, 1.54) is 11.3 Å². The fourth-order valence-corrected chi connectivity index (χ4v) is 4.86. The van der Waals surface area contributed by atoms with Gasteiger partial charge in [0.25, 0.3) is 0 Å². The summed E-state index contributed by atoms with van der Waals surface area (Å²) in [4.78, 5) is 4.25. The molecule has 0 aliphatic heterocycles. The molecule has 0 atom stereocenters. The number of nitrogens with zero attached hydrogens (tertiary/aromatic N) is 1. The lowest BCUT2D eigenvalue weighted by molar-refractivity contribution is 0.363. The number of sulfone groups is 1. The third-order valence-corrected chi connectivity index (χ3v) is 6.54. The Morgan fingerprint density at radius 3 is 2.67 bits per heavy atom. The Kier molecular flexibility index (Phi) is 4.70. The van der Waals surface area contributed by atoms with E-state index in [4.69, 9.17) is 0 Å². The molecule has 112 valence electrons. The van der Waals surface area contributed by atoms with Crippen LogP contribution in [0.1, 0.15) is 33.6 Å². The Bertz CT molecular complexity index is 759. The molecule has 0 unspecified atom stereocenters. The maximum atomic E-state index is 12.4. The van der Waals surface area contributed by atoms with Crippen LogP contribution in [0, 0.1) is 17.3 Å². The maximum absolute atomic E-state index is 12.4. The van der Waals surface area contributed by atoms with Crippen molar-refractivity contribution in [3.05, 3.63) is 24.3 Å². The van der Waals surface area contributed by atoms with E-state index in [1.807, 2.05) is 38.1 Å². The lowest BCUT2D eigenvalue weighted by Crippen LogP contribution is -2.17. The van der Waals surface area contributed by atoms with Crippen molar-refractivity contribution in [3.8, 4) is 11.8 Å². The van der Waals surface area contributed by atoms with Crippen molar-refractivity contribution in [1.82, 2.24) is 4.98 Å². The van der Waals surface area contributed by atoms with Crippen molar-refractivity contribution >= 4 is 31.4 Å². The Morgan fingerprint density at radius 1 is 1.29 bits per heavy atom. The van der Waals surface area contributed by atoms with E-state index in [0.29, 0.717) is 12.8 Å². The van der Waals surface area contributed by atoms with Gasteiger partial charge < -0.3 is 0 Å². The summed E-state index contributed by atoms with van der Waals surface area (Å²) < 4.78 is 26.0. The minimum Gasteiger partial charge on any atom is -0.225 e. The molecule has 0 aliphatic carbocycles. The number of rotatable bonds is 5. The topological polar surface area (TPSA) is 47.0 Å². The number of thiazole rings is 1. The minimum absolute atomic E-state index is 0.104. The van der Waals surface area contributed by atoms with Gasteiger partial charge in [-0.05, 0) is 30.9 Å². The van der Waals surface area contributed by atoms with Crippen molar-refractivity contribution < 1.29 is 8.42 Å². The second-order valence-electron chi connectivity index (χ2n) is 5.78. The van der Waals surface area contributed by atoms with Gasteiger partial charge in [-0.3, -0.25) is 0 Å². The van der Waals surface area contributed by atoms with Crippen molar-refractivity contribution in [3.63, 3.8) is 0 Å². The predicted octanol–water partition coefficient (Wildman–Crippen LogP) is 3.90. The third kappa shape index (κ3) is 4.05. The second kappa shape index (κ2) is 6.17. The van der Waals surface area contributed by atoms with Crippen LogP contribution >= 0.6 is 11.3 Å². The standard InChI is InChI=1S/C16H19NO2S2/c1-4-5-10-16(2,3)11-12-21(18,19)15-17-13-8-6-7-9-14(13)20-15/h6-9H,10-12H2,1-3H3. The van der Waals surface area contributed by atoms with Crippen LogP contribution in [-0.2, 0) is 9.84 Å². The molecule has 5 heteroatoms. The molecule has 0 spiro atoms. The number of hydrogen-bond acceptors (Lipinski definition) is 4. The van der Waals surface area contributed by atoms with E-state index in [0.717, 1.165) is 10.2 Å². The highest BCUT2D eigenvalue weighted by Gasteiger charge is 2.24. The fraction of sp³-hybridized carbons (Fsp3) is 0.438. The molecular formula is C16H19NO2S2. The quantitative estimate of drug-likeness (QED) is 0.785. The van der Waals surface area contributed by atoms with Gasteiger partial charge in [-0.25, -0.2) is 13.4 Å². The third-order valence-electron chi connectivity index (χ3n) is 3.33. The molecule has 0 fully saturated rings. The van der Waals surface area contributed by atoms with Gasteiger partial charge in [0.2, 0.25) is 14.2 Å². The summed E-state index contributed by atoms with van der Waals surface area (Å²) in [6.45, 7) is 5.89. The molecular weight excluding hydrogens is 302 g/mol.